The number of nitrogens with one attached hydrogen (secondary N) is 1. The lowest BCUT2D eigenvalue weighted by Gasteiger charge is -2.03. The minimum atomic E-state index is -0.173. The van der Waals surface area contributed by atoms with E-state index in [1.54, 1.807) is 16.6 Å². The molecule has 1 aromatic carbocycles. The van der Waals surface area contributed by atoms with Gasteiger partial charge in [0, 0.05) is 12.7 Å². The molecule has 3 rings (SSSR count). The summed E-state index contributed by atoms with van der Waals surface area (Å²) in [6.07, 6.45) is 2.52. The molecule has 0 radical (unpaired) electrons. The Morgan fingerprint density at radius 1 is 1.20 bits per heavy atom. The van der Waals surface area contributed by atoms with Crippen LogP contribution in [0.2, 0.25) is 0 Å². The van der Waals surface area contributed by atoms with E-state index in [4.69, 9.17) is 0 Å². The van der Waals surface area contributed by atoms with Crippen LogP contribution in [0.5, 0.6) is 0 Å². The van der Waals surface area contributed by atoms with Crippen LogP contribution in [0.1, 0.15) is 11.1 Å². The SMILES string of the molecule is Cc1ccc2nc(NCCc3ccccc3F)nn2c1. The fraction of sp³-hybridized carbons (Fsp3) is 0.200. The van der Waals surface area contributed by atoms with Gasteiger partial charge in [0.2, 0.25) is 5.95 Å². The average Bonchev–Trinajstić information content (AvgIpc) is 2.83. The van der Waals surface area contributed by atoms with Crippen molar-refractivity contribution in [2.75, 3.05) is 11.9 Å². The number of aromatic nitrogens is 3. The first-order chi connectivity index (χ1) is 9.72. The van der Waals surface area contributed by atoms with Gasteiger partial charge in [0.05, 0.1) is 0 Å². The zero-order valence-corrected chi connectivity index (χ0v) is 11.2. The lowest BCUT2D eigenvalue weighted by atomic mass is 10.1. The standard InChI is InChI=1S/C15H15FN4/c1-11-6-7-14-18-15(19-20(14)10-11)17-9-8-12-4-2-3-5-13(12)16/h2-7,10H,8-9H2,1H3,(H,17,19). The van der Waals surface area contributed by atoms with Gasteiger partial charge in [-0.3, -0.25) is 0 Å². The molecular weight excluding hydrogens is 255 g/mol. The van der Waals surface area contributed by atoms with E-state index in [0.717, 1.165) is 11.2 Å². The molecule has 0 aliphatic carbocycles. The molecule has 0 saturated carbocycles. The van der Waals surface area contributed by atoms with Gasteiger partial charge in [-0.15, -0.1) is 5.10 Å². The number of hydrogen-bond donors (Lipinski definition) is 1. The van der Waals surface area contributed by atoms with Crippen LogP contribution in [0.25, 0.3) is 5.65 Å². The van der Waals surface area contributed by atoms with E-state index in [-0.39, 0.29) is 5.82 Å². The van der Waals surface area contributed by atoms with Crippen molar-refractivity contribution in [3.8, 4) is 0 Å². The number of hydrogen-bond acceptors (Lipinski definition) is 3. The molecule has 3 aromatic rings. The van der Waals surface area contributed by atoms with E-state index >= 15 is 0 Å². The lowest BCUT2D eigenvalue weighted by molar-refractivity contribution is 0.610. The Morgan fingerprint density at radius 3 is 2.90 bits per heavy atom. The summed E-state index contributed by atoms with van der Waals surface area (Å²) in [5.41, 5.74) is 2.61. The van der Waals surface area contributed by atoms with Gasteiger partial charge in [-0.1, -0.05) is 24.3 Å². The van der Waals surface area contributed by atoms with Crippen molar-refractivity contribution in [2.45, 2.75) is 13.3 Å². The molecule has 0 saturated heterocycles. The first-order valence-corrected chi connectivity index (χ1v) is 6.53. The molecule has 5 heteroatoms. The van der Waals surface area contributed by atoms with Crippen LogP contribution in [0, 0.1) is 12.7 Å². The van der Waals surface area contributed by atoms with Crippen molar-refractivity contribution in [3.05, 3.63) is 59.5 Å². The summed E-state index contributed by atoms with van der Waals surface area (Å²) in [6.45, 7) is 2.60. The number of anilines is 1. The first-order valence-electron chi connectivity index (χ1n) is 6.53. The Balaban J connectivity index is 1.67. The molecule has 0 unspecified atom stereocenters. The molecule has 0 fully saturated rings. The van der Waals surface area contributed by atoms with E-state index in [1.807, 2.05) is 31.3 Å². The third-order valence-electron chi connectivity index (χ3n) is 3.11. The highest BCUT2D eigenvalue weighted by molar-refractivity contribution is 5.44. The minimum Gasteiger partial charge on any atom is -0.353 e. The van der Waals surface area contributed by atoms with Crippen LogP contribution in [0.15, 0.2) is 42.6 Å². The highest BCUT2D eigenvalue weighted by Gasteiger charge is 2.04. The molecule has 102 valence electrons. The predicted octanol–water partition coefficient (Wildman–Crippen LogP) is 2.83. The molecule has 2 aromatic heterocycles. The Morgan fingerprint density at radius 2 is 2.05 bits per heavy atom. The Hall–Kier alpha value is -2.43. The average molecular weight is 270 g/mol. The number of fused-ring (bicyclic) bond motifs is 1. The molecule has 0 bridgehead atoms. The van der Waals surface area contributed by atoms with Gasteiger partial charge in [0.1, 0.15) is 5.82 Å². The van der Waals surface area contributed by atoms with Crippen LogP contribution in [-0.4, -0.2) is 21.1 Å². The van der Waals surface area contributed by atoms with Gasteiger partial charge in [-0.05, 0) is 36.6 Å². The number of pyridine rings is 1. The Kier molecular flexibility index (Phi) is 3.33. The third-order valence-corrected chi connectivity index (χ3v) is 3.11. The predicted molar refractivity (Wildman–Crippen MR) is 76.3 cm³/mol. The van der Waals surface area contributed by atoms with Crippen LogP contribution >= 0.6 is 0 Å². The molecule has 20 heavy (non-hydrogen) atoms. The smallest absolute Gasteiger partial charge is 0.243 e. The largest absolute Gasteiger partial charge is 0.353 e. The number of benzene rings is 1. The summed E-state index contributed by atoms with van der Waals surface area (Å²) in [7, 11) is 0. The molecule has 0 aliphatic rings. The highest BCUT2D eigenvalue weighted by Crippen LogP contribution is 2.09. The summed E-state index contributed by atoms with van der Waals surface area (Å²) in [6, 6.07) is 10.7. The van der Waals surface area contributed by atoms with E-state index in [0.29, 0.717) is 24.5 Å². The highest BCUT2D eigenvalue weighted by atomic mass is 19.1. The van der Waals surface area contributed by atoms with Crippen molar-refractivity contribution in [1.82, 2.24) is 14.6 Å². The molecule has 0 atom stereocenters. The summed E-state index contributed by atoms with van der Waals surface area (Å²) in [5, 5.41) is 7.45. The van der Waals surface area contributed by atoms with Gasteiger partial charge in [0.15, 0.2) is 5.65 Å². The summed E-state index contributed by atoms with van der Waals surface area (Å²) >= 11 is 0. The third kappa shape index (κ3) is 2.61. The second-order valence-electron chi connectivity index (χ2n) is 4.71. The van der Waals surface area contributed by atoms with Crippen molar-refractivity contribution < 1.29 is 4.39 Å². The number of halogens is 1. The van der Waals surface area contributed by atoms with E-state index in [2.05, 4.69) is 15.4 Å². The van der Waals surface area contributed by atoms with Gasteiger partial charge in [-0.2, -0.15) is 4.98 Å². The van der Waals surface area contributed by atoms with Gasteiger partial charge >= 0.3 is 0 Å². The molecule has 1 N–H and O–H groups in total. The van der Waals surface area contributed by atoms with Crippen LogP contribution in [0.4, 0.5) is 10.3 Å². The van der Waals surface area contributed by atoms with E-state index in [1.165, 1.54) is 6.07 Å². The Bertz CT molecular complexity index is 736. The maximum Gasteiger partial charge on any atom is 0.243 e. The van der Waals surface area contributed by atoms with Crippen molar-refractivity contribution in [1.29, 1.82) is 0 Å². The van der Waals surface area contributed by atoms with Gasteiger partial charge in [-0.25, -0.2) is 8.91 Å². The number of aryl methyl sites for hydroxylation is 1. The minimum absolute atomic E-state index is 0.173. The van der Waals surface area contributed by atoms with Crippen molar-refractivity contribution in [2.24, 2.45) is 0 Å². The zero-order chi connectivity index (χ0) is 13.9. The first kappa shape index (κ1) is 12.6. The Labute approximate surface area is 116 Å². The summed E-state index contributed by atoms with van der Waals surface area (Å²) < 4.78 is 15.2. The fourth-order valence-corrected chi connectivity index (χ4v) is 2.07. The van der Waals surface area contributed by atoms with Crippen LogP contribution in [-0.2, 0) is 6.42 Å². The normalized spacial score (nSPS) is 10.9. The maximum absolute atomic E-state index is 13.5. The second-order valence-corrected chi connectivity index (χ2v) is 4.71. The zero-order valence-electron chi connectivity index (χ0n) is 11.2. The fourth-order valence-electron chi connectivity index (χ4n) is 2.07. The second kappa shape index (κ2) is 5.28. The van der Waals surface area contributed by atoms with Crippen LogP contribution < -0.4 is 5.32 Å². The van der Waals surface area contributed by atoms with Gasteiger partial charge in [0.25, 0.3) is 0 Å². The summed E-state index contributed by atoms with van der Waals surface area (Å²) in [4.78, 5) is 4.35. The molecule has 0 amide bonds. The quantitative estimate of drug-likeness (QED) is 0.792. The van der Waals surface area contributed by atoms with E-state index < -0.39 is 0 Å². The lowest BCUT2D eigenvalue weighted by Crippen LogP contribution is -2.07. The number of nitrogens with zero attached hydrogens (tertiary/aromatic N) is 3. The number of rotatable bonds is 4. The van der Waals surface area contributed by atoms with E-state index in [9.17, 15) is 4.39 Å². The molecule has 2 heterocycles. The van der Waals surface area contributed by atoms with Gasteiger partial charge < -0.3 is 5.32 Å². The summed E-state index contributed by atoms with van der Waals surface area (Å²) in [5.74, 6) is 0.389. The van der Waals surface area contributed by atoms with Crippen molar-refractivity contribution in [3.63, 3.8) is 0 Å². The molecular formula is C15H15FN4. The maximum atomic E-state index is 13.5. The molecule has 4 nitrogen and oxygen atoms in total. The van der Waals surface area contributed by atoms with Crippen molar-refractivity contribution >= 4 is 11.6 Å². The monoisotopic (exact) mass is 270 g/mol. The van der Waals surface area contributed by atoms with Crippen LogP contribution in [0.3, 0.4) is 0 Å². The molecule has 0 spiro atoms. The topological polar surface area (TPSA) is 42.2 Å². The molecule has 0 aliphatic heterocycles.